The van der Waals surface area contributed by atoms with Gasteiger partial charge in [-0.2, -0.15) is 8.78 Å². The van der Waals surface area contributed by atoms with E-state index in [1.807, 2.05) is 0 Å². The zero-order chi connectivity index (χ0) is 22.5. The molecule has 2 heterocycles. The lowest BCUT2D eigenvalue weighted by Crippen LogP contribution is -2.46. The van der Waals surface area contributed by atoms with Crippen LogP contribution in [-0.2, 0) is 20.3 Å². The highest BCUT2D eigenvalue weighted by atomic mass is 79.9. The number of halogens is 3. The minimum absolute atomic E-state index is 0.174. The van der Waals surface area contributed by atoms with Crippen LogP contribution in [0.15, 0.2) is 22.7 Å². The molecule has 1 aliphatic heterocycles. The number of piperidine rings is 1. The molecule has 0 atom stereocenters. The van der Waals surface area contributed by atoms with Crippen molar-refractivity contribution in [3.05, 3.63) is 33.1 Å². The van der Waals surface area contributed by atoms with E-state index in [9.17, 15) is 26.6 Å². The topological polar surface area (TPSA) is 124 Å². The van der Waals surface area contributed by atoms with Crippen LogP contribution in [0.25, 0.3) is 10.1 Å². The Morgan fingerprint density at radius 1 is 1.33 bits per heavy atom. The van der Waals surface area contributed by atoms with E-state index in [1.54, 1.807) is 0 Å². The van der Waals surface area contributed by atoms with Gasteiger partial charge in [-0.25, -0.2) is 12.7 Å². The SMILES string of the molecule is CS(=O)(=O)N1CCC(NC(=O)c2ccc3sc(C(F)(F)P(=O)(O)O)c(Br)c3c2)CC1. The van der Waals surface area contributed by atoms with E-state index in [2.05, 4.69) is 21.2 Å². The summed E-state index contributed by atoms with van der Waals surface area (Å²) in [4.78, 5) is 29.7. The van der Waals surface area contributed by atoms with Crippen LogP contribution >= 0.6 is 34.9 Å². The number of nitrogens with zero attached hydrogens (tertiary/aromatic N) is 1. The summed E-state index contributed by atoms with van der Waals surface area (Å²) >= 11 is 3.51. The normalized spacial score (nSPS) is 17.4. The lowest BCUT2D eigenvalue weighted by atomic mass is 10.1. The fourth-order valence-corrected chi connectivity index (χ4v) is 6.93. The predicted octanol–water partition coefficient (Wildman–Crippen LogP) is 3.04. The second-order valence-electron chi connectivity index (χ2n) is 6.95. The first kappa shape index (κ1) is 23.7. The first-order valence-electron chi connectivity index (χ1n) is 8.64. The summed E-state index contributed by atoms with van der Waals surface area (Å²) in [5.74, 6) is -0.448. The van der Waals surface area contributed by atoms with Crippen LogP contribution < -0.4 is 5.32 Å². The quantitative estimate of drug-likeness (QED) is 0.495. The molecule has 0 unspecified atom stereocenters. The Bertz CT molecular complexity index is 1140. The van der Waals surface area contributed by atoms with Gasteiger partial charge < -0.3 is 15.1 Å². The van der Waals surface area contributed by atoms with E-state index < -0.39 is 34.1 Å². The molecule has 1 aliphatic rings. The Balaban J connectivity index is 1.80. The Hall–Kier alpha value is -0.950. The van der Waals surface area contributed by atoms with Gasteiger partial charge in [-0.3, -0.25) is 9.36 Å². The molecular weight excluding hydrogens is 529 g/mol. The third kappa shape index (κ3) is 4.62. The van der Waals surface area contributed by atoms with Crippen molar-refractivity contribution in [2.45, 2.75) is 24.5 Å². The second kappa shape index (κ2) is 8.19. The molecule has 1 fully saturated rings. The smallest absolute Gasteiger partial charge is 0.349 e. The molecule has 0 spiro atoms. The number of rotatable bonds is 5. The highest BCUT2D eigenvalue weighted by molar-refractivity contribution is 9.10. The number of carbonyl (C=O) groups excluding carboxylic acids is 1. The second-order valence-corrected chi connectivity index (χ2v) is 12.4. The molecule has 14 heteroatoms. The van der Waals surface area contributed by atoms with Crippen LogP contribution in [0.1, 0.15) is 28.1 Å². The number of alkyl halides is 2. The minimum Gasteiger partial charge on any atom is -0.349 e. The monoisotopic (exact) mass is 546 g/mol. The van der Waals surface area contributed by atoms with Crippen LogP contribution in [0.3, 0.4) is 0 Å². The number of hydrogen-bond acceptors (Lipinski definition) is 5. The van der Waals surface area contributed by atoms with Crippen molar-refractivity contribution in [2.75, 3.05) is 19.3 Å². The van der Waals surface area contributed by atoms with Gasteiger partial charge in [0.25, 0.3) is 5.91 Å². The standard InChI is InChI=1S/C16H18BrF2N2O6PS2/c1-30(26,27)21-6-4-10(5-7-21)20-15(22)9-2-3-12-11(8-9)13(17)14(29-12)16(18,19)28(23,24)25/h2-3,8,10H,4-7H2,1H3,(H,20,22)(H2,23,24,25). The fraction of sp³-hybridized carbons (Fsp3) is 0.438. The number of thiophene rings is 1. The lowest BCUT2D eigenvalue weighted by molar-refractivity contribution is 0.0595. The van der Waals surface area contributed by atoms with Gasteiger partial charge in [0.1, 0.15) is 4.88 Å². The number of nitrogens with one attached hydrogen (secondary N) is 1. The third-order valence-corrected chi connectivity index (χ3v) is 9.52. The number of carbonyl (C=O) groups is 1. The molecule has 0 bridgehead atoms. The molecule has 1 aromatic carbocycles. The van der Waals surface area contributed by atoms with E-state index in [0.29, 0.717) is 42.0 Å². The first-order valence-corrected chi connectivity index (χ1v) is 13.7. The van der Waals surface area contributed by atoms with Gasteiger partial charge in [-0.1, -0.05) is 0 Å². The molecular formula is C16H18BrF2N2O6PS2. The summed E-state index contributed by atoms with van der Waals surface area (Å²) in [5, 5.41) is 3.05. The molecule has 8 nitrogen and oxygen atoms in total. The van der Waals surface area contributed by atoms with E-state index >= 15 is 0 Å². The number of hydrogen-bond donors (Lipinski definition) is 3. The van der Waals surface area contributed by atoms with Gasteiger partial charge in [0.05, 0.1) is 6.26 Å². The van der Waals surface area contributed by atoms with Crippen molar-refractivity contribution in [3.8, 4) is 0 Å². The average Bonchev–Trinajstić information content (AvgIpc) is 2.97. The Kier molecular flexibility index (Phi) is 6.47. The maximum atomic E-state index is 14.1. The largest absolute Gasteiger partial charge is 0.400 e. The van der Waals surface area contributed by atoms with Crippen molar-refractivity contribution < 1.29 is 36.3 Å². The minimum atomic E-state index is -5.72. The molecule has 1 saturated heterocycles. The lowest BCUT2D eigenvalue weighted by Gasteiger charge is -2.30. The van der Waals surface area contributed by atoms with Crippen molar-refractivity contribution in [3.63, 3.8) is 0 Å². The molecule has 0 saturated carbocycles. The fourth-order valence-electron chi connectivity index (χ4n) is 3.14. The maximum Gasteiger partial charge on any atom is 0.400 e. The number of sulfonamides is 1. The van der Waals surface area contributed by atoms with Gasteiger partial charge in [0, 0.05) is 39.3 Å². The van der Waals surface area contributed by atoms with Crippen molar-refractivity contribution in [1.29, 1.82) is 0 Å². The average molecular weight is 547 g/mol. The highest BCUT2D eigenvalue weighted by Crippen LogP contribution is 2.62. The molecule has 0 aliphatic carbocycles. The van der Waals surface area contributed by atoms with E-state index in [-0.39, 0.29) is 21.5 Å². The van der Waals surface area contributed by atoms with Crippen LogP contribution in [0.4, 0.5) is 8.78 Å². The van der Waals surface area contributed by atoms with Gasteiger partial charge in [0.2, 0.25) is 10.0 Å². The Labute approximate surface area is 183 Å². The zero-order valence-corrected chi connectivity index (χ0v) is 19.6. The Morgan fingerprint density at radius 2 is 1.93 bits per heavy atom. The number of amides is 1. The van der Waals surface area contributed by atoms with Crippen LogP contribution in [0, 0.1) is 0 Å². The molecule has 0 radical (unpaired) electrons. The van der Waals surface area contributed by atoms with Crippen molar-refractivity contribution in [2.24, 2.45) is 0 Å². The van der Waals surface area contributed by atoms with E-state index in [4.69, 9.17) is 9.79 Å². The van der Waals surface area contributed by atoms with Crippen LogP contribution in [-0.4, -0.2) is 53.8 Å². The zero-order valence-electron chi connectivity index (χ0n) is 15.5. The molecule has 30 heavy (non-hydrogen) atoms. The highest BCUT2D eigenvalue weighted by Gasteiger charge is 2.53. The van der Waals surface area contributed by atoms with Crippen LogP contribution in [0.2, 0.25) is 0 Å². The van der Waals surface area contributed by atoms with Gasteiger partial charge >= 0.3 is 13.3 Å². The molecule has 166 valence electrons. The first-order chi connectivity index (χ1) is 13.7. The molecule has 3 rings (SSSR count). The third-order valence-electron chi connectivity index (χ3n) is 4.79. The Morgan fingerprint density at radius 3 is 2.47 bits per heavy atom. The summed E-state index contributed by atoms with van der Waals surface area (Å²) in [6.45, 7) is 0.583. The van der Waals surface area contributed by atoms with Gasteiger partial charge in [-0.05, 0) is 47.0 Å². The van der Waals surface area contributed by atoms with Crippen LogP contribution in [0.5, 0.6) is 0 Å². The summed E-state index contributed by atoms with van der Waals surface area (Å²) < 4.78 is 64.1. The molecule has 3 N–H and O–H groups in total. The predicted molar refractivity (Wildman–Crippen MR) is 112 cm³/mol. The van der Waals surface area contributed by atoms with E-state index in [1.165, 1.54) is 22.5 Å². The summed E-state index contributed by atoms with van der Waals surface area (Å²) in [6.07, 6.45) is 2.02. The molecule has 1 amide bonds. The summed E-state index contributed by atoms with van der Waals surface area (Å²) in [5.41, 5.74) is -4.16. The van der Waals surface area contributed by atoms with E-state index in [0.717, 1.165) is 6.26 Å². The summed E-state index contributed by atoms with van der Waals surface area (Å²) in [7, 11) is -9.00. The van der Waals surface area contributed by atoms with Gasteiger partial charge in [0.15, 0.2) is 0 Å². The number of benzene rings is 1. The maximum absolute atomic E-state index is 14.1. The molecule has 1 aromatic heterocycles. The summed E-state index contributed by atoms with van der Waals surface area (Å²) in [6, 6.07) is 4.01. The van der Waals surface area contributed by atoms with Crippen molar-refractivity contribution >= 4 is 60.9 Å². The van der Waals surface area contributed by atoms with Gasteiger partial charge in [-0.15, -0.1) is 11.3 Å². The number of fused-ring (bicyclic) bond motifs is 1. The molecule has 2 aromatic rings. The van der Waals surface area contributed by atoms with Crippen molar-refractivity contribution in [1.82, 2.24) is 9.62 Å².